The third-order valence-electron chi connectivity index (χ3n) is 3.85. The molecule has 0 amide bonds. The number of aromatic nitrogens is 2. The minimum Gasteiger partial charge on any atom is -0.363 e. The third kappa shape index (κ3) is 1.52. The molecule has 18 heavy (non-hydrogen) atoms. The molecule has 0 saturated heterocycles. The number of hydrogen-bond donors (Lipinski definition) is 1. The SMILES string of the molecule is C1=CC2=C(CC1)NC(c1cncnc1)N2C1CC1. The smallest absolute Gasteiger partial charge is 0.129 e. The largest absolute Gasteiger partial charge is 0.363 e. The van der Waals surface area contributed by atoms with Gasteiger partial charge >= 0.3 is 0 Å². The number of hydrogen-bond acceptors (Lipinski definition) is 4. The molecular formula is C14H16N4. The van der Waals surface area contributed by atoms with E-state index in [-0.39, 0.29) is 6.17 Å². The van der Waals surface area contributed by atoms with Crippen LogP contribution in [0, 0.1) is 0 Å². The average Bonchev–Trinajstić information content (AvgIpc) is 3.19. The van der Waals surface area contributed by atoms with Crippen LogP contribution in [0.5, 0.6) is 0 Å². The van der Waals surface area contributed by atoms with E-state index < -0.39 is 0 Å². The van der Waals surface area contributed by atoms with Gasteiger partial charge in [0.1, 0.15) is 12.5 Å². The summed E-state index contributed by atoms with van der Waals surface area (Å²) in [6.07, 6.45) is 15.1. The molecule has 1 aliphatic heterocycles. The second kappa shape index (κ2) is 3.83. The van der Waals surface area contributed by atoms with Crippen LogP contribution in [0.2, 0.25) is 0 Å². The van der Waals surface area contributed by atoms with E-state index in [0.717, 1.165) is 18.4 Å². The highest BCUT2D eigenvalue weighted by molar-refractivity contribution is 5.36. The van der Waals surface area contributed by atoms with Crippen LogP contribution in [0.1, 0.15) is 37.4 Å². The Morgan fingerprint density at radius 1 is 1.22 bits per heavy atom. The molecular weight excluding hydrogens is 224 g/mol. The summed E-state index contributed by atoms with van der Waals surface area (Å²) >= 11 is 0. The summed E-state index contributed by atoms with van der Waals surface area (Å²) in [6, 6.07) is 0.693. The zero-order valence-electron chi connectivity index (χ0n) is 10.2. The first kappa shape index (κ1) is 10.1. The number of rotatable bonds is 2. The minimum atomic E-state index is 0.228. The van der Waals surface area contributed by atoms with E-state index in [9.17, 15) is 0 Å². The maximum absolute atomic E-state index is 4.15. The van der Waals surface area contributed by atoms with Gasteiger partial charge in [0.2, 0.25) is 0 Å². The molecule has 4 nitrogen and oxygen atoms in total. The lowest BCUT2D eigenvalue weighted by atomic mass is 10.1. The summed E-state index contributed by atoms with van der Waals surface area (Å²) in [5, 5.41) is 3.65. The van der Waals surface area contributed by atoms with E-state index in [1.165, 1.54) is 24.2 Å². The van der Waals surface area contributed by atoms with Gasteiger partial charge in [-0.3, -0.25) is 0 Å². The summed E-state index contributed by atoms with van der Waals surface area (Å²) < 4.78 is 0. The van der Waals surface area contributed by atoms with E-state index in [0.29, 0.717) is 6.04 Å². The highest BCUT2D eigenvalue weighted by Gasteiger charge is 2.41. The molecule has 0 radical (unpaired) electrons. The van der Waals surface area contributed by atoms with Crippen molar-refractivity contribution in [2.75, 3.05) is 0 Å². The quantitative estimate of drug-likeness (QED) is 0.859. The zero-order valence-corrected chi connectivity index (χ0v) is 10.2. The van der Waals surface area contributed by atoms with Gasteiger partial charge in [-0.05, 0) is 31.8 Å². The fourth-order valence-electron chi connectivity index (χ4n) is 2.87. The lowest BCUT2D eigenvalue weighted by molar-refractivity contribution is 0.258. The fourth-order valence-corrected chi connectivity index (χ4v) is 2.87. The maximum Gasteiger partial charge on any atom is 0.129 e. The monoisotopic (exact) mass is 240 g/mol. The molecule has 92 valence electrons. The highest BCUT2D eigenvalue weighted by atomic mass is 15.4. The average molecular weight is 240 g/mol. The summed E-state index contributed by atoms with van der Waals surface area (Å²) in [7, 11) is 0. The lowest BCUT2D eigenvalue weighted by Gasteiger charge is -2.28. The van der Waals surface area contributed by atoms with Gasteiger partial charge in [-0.15, -0.1) is 0 Å². The van der Waals surface area contributed by atoms with Crippen LogP contribution in [0.4, 0.5) is 0 Å². The van der Waals surface area contributed by atoms with E-state index >= 15 is 0 Å². The molecule has 0 spiro atoms. The molecule has 1 N–H and O–H groups in total. The Kier molecular flexibility index (Phi) is 2.15. The zero-order chi connectivity index (χ0) is 11.9. The van der Waals surface area contributed by atoms with Crippen molar-refractivity contribution in [1.29, 1.82) is 0 Å². The topological polar surface area (TPSA) is 41.1 Å². The highest BCUT2D eigenvalue weighted by Crippen LogP contribution is 2.43. The van der Waals surface area contributed by atoms with Crippen molar-refractivity contribution >= 4 is 0 Å². The molecule has 1 saturated carbocycles. The van der Waals surface area contributed by atoms with Crippen LogP contribution in [0.15, 0.2) is 42.3 Å². The van der Waals surface area contributed by atoms with Gasteiger partial charge in [-0.25, -0.2) is 9.97 Å². The Labute approximate surface area is 106 Å². The summed E-state index contributed by atoms with van der Waals surface area (Å²) in [4.78, 5) is 10.8. The summed E-state index contributed by atoms with van der Waals surface area (Å²) in [5.41, 5.74) is 3.93. The molecule has 1 aromatic rings. The van der Waals surface area contributed by atoms with Crippen LogP contribution in [0.3, 0.4) is 0 Å². The predicted octanol–water partition coefficient (Wildman–Crippen LogP) is 2.10. The Morgan fingerprint density at radius 3 is 2.83 bits per heavy atom. The van der Waals surface area contributed by atoms with Crippen molar-refractivity contribution in [1.82, 2.24) is 20.2 Å². The molecule has 2 heterocycles. The first-order chi connectivity index (χ1) is 8.93. The van der Waals surface area contributed by atoms with Crippen LogP contribution >= 0.6 is 0 Å². The van der Waals surface area contributed by atoms with Gasteiger partial charge < -0.3 is 10.2 Å². The molecule has 1 fully saturated rings. The first-order valence-corrected chi connectivity index (χ1v) is 6.63. The van der Waals surface area contributed by atoms with Crippen molar-refractivity contribution in [3.8, 4) is 0 Å². The van der Waals surface area contributed by atoms with E-state index in [1.54, 1.807) is 6.33 Å². The molecule has 0 bridgehead atoms. The predicted molar refractivity (Wildman–Crippen MR) is 68.2 cm³/mol. The van der Waals surface area contributed by atoms with E-state index in [4.69, 9.17) is 0 Å². The van der Waals surface area contributed by atoms with Gasteiger partial charge in [0.05, 0.1) is 5.70 Å². The van der Waals surface area contributed by atoms with Crippen molar-refractivity contribution in [3.05, 3.63) is 47.8 Å². The Hall–Kier alpha value is -1.84. The molecule has 3 aliphatic rings. The van der Waals surface area contributed by atoms with Gasteiger partial charge in [0.25, 0.3) is 0 Å². The van der Waals surface area contributed by atoms with Gasteiger partial charge in [-0.2, -0.15) is 0 Å². The van der Waals surface area contributed by atoms with E-state index in [2.05, 4.69) is 32.3 Å². The fraction of sp³-hybridized carbons (Fsp3) is 0.429. The molecule has 1 aromatic heterocycles. The summed E-state index contributed by atoms with van der Waals surface area (Å²) in [5.74, 6) is 0. The standard InChI is InChI=1S/C14H16N4/c1-2-4-13-12(3-1)17-14(18(13)11-5-6-11)10-7-15-9-16-8-10/h2,4,7-9,11,14,17H,1,3,5-6H2. The number of nitrogens with one attached hydrogen (secondary N) is 1. The summed E-state index contributed by atoms with van der Waals surface area (Å²) in [6.45, 7) is 0. The normalized spacial score (nSPS) is 26.2. The van der Waals surface area contributed by atoms with Crippen LogP contribution in [0.25, 0.3) is 0 Å². The van der Waals surface area contributed by atoms with E-state index in [1.807, 2.05) is 12.4 Å². The number of nitrogens with zero attached hydrogens (tertiary/aromatic N) is 3. The Balaban J connectivity index is 1.71. The first-order valence-electron chi connectivity index (χ1n) is 6.63. The molecule has 2 aliphatic carbocycles. The molecule has 4 heteroatoms. The molecule has 4 rings (SSSR count). The van der Waals surface area contributed by atoms with Crippen molar-refractivity contribution in [2.24, 2.45) is 0 Å². The van der Waals surface area contributed by atoms with Gasteiger partial charge in [-0.1, -0.05) is 6.08 Å². The third-order valence-corrected chi connectivity index (χ3v) is 3.85. The van der Waals surface area contributed by atoms with Gasteiger partial charge in [0.15, 0.2) is 0 Å². The van der Waals surface area contributed by atoms with Crippen molar-refractivity contribution < 1.29 is 0 Å². The van der Waals surface area contributed by atoms with Crippen LogP contribution in [-0.2, 0) is 0 Å². The second-order valence-electron chi connectivity index (χ2n) is 5.16. The Bertz CT molecular complexity index is 516. The number of allylic oxidation sites excluding steroid dienone is 3. The molecule has 1 atom stereocenters. The minimum absolute atomic E-state index is 0.228. The maximum atomic E-state index is 4.15. The van der Waals surface area contributed by atoms with Crippen molar-refractivity contribution in [3.63, 3.8) is 0 Å². The molecule has 1 unspecified atom stereocenters. The Morgan fingerprint density at radius 2 is 2.06 bits per heavy atom. The van der Waals surface area contributed by atoms with Gasteiger partial charge in [0, 0.05) is 29.7 Å². The van der Waals surface area contributed by atoms with Crippen LogP contribution < -0.4 is 5.32 Å². The molecule has 0 aromatic carbocycles. The van der Waals surface area contributed by atoms with Crippen LogP contribution in [-0.4, -0.2) is 20.9 Å². The second-order valence-corrected chi connectivity index (χ2v) is 5.16. The lowest BCUT2D eigenvalue weighted by Crippen LogP contribution is -2.31. The van der Waals surface area contributed by atoms with Crippen molar-refractivity contribution in [2.45, 2.75) is 37.9 Å².